The van der Waals surface area contributed by atoms with Crippen molar-refractivity contribution in [2.45, 2.75) is 31.6 Å². The first kappa shape index (κ1) is 20.4. The summed E-state index contributed by atoms with van der Waals surface area (Å²) in [6, 6.07) is 20.8. The van der Waals surface area contributed by atoms with Gasteiger partial charge in [-0.15, -0.1) is 0 Å². The van der Waals surface area contributed by atoms with Crippen LogP contribution in [0.5, 0.6) is 0 Å². The van der Waals surface area contributed by atoms with E-state index in [0.717, 1.165) is 52.8 Å². The van der Waals surface area contributed by atoms with Gasteiger partial charge in [0.25, 0.3) is 0 Å². The van der Waals surface area contributed by atoms with Gasteiger partial charge in [0, 0.05) is 53.9 Å². The average molecular weight is 428 g/mol. The Hall–Kier alpha value is -3.47. The van der Waals surface area contributed by atoms with Gasteiger partial charge in [-0.2, -0.15) is 0 Å². The highest BCUT2D eigenvalue weighted by molar-refractivity contribution is 5.88. The molecule has 3 heterocycles. The summed E-state index contributed by atoms with van der Waals surface area (Å²) in [5.41, 5.74) is 4.96. The third-order valence-electron chi connectivity index (χ3n) is 6.31. The molecule has 4 aromatic rings. The number of benzene rings is 2. The fraction of sp³-hybridized carbons (Fsp3) is 0.259. The predicted molar refractivity (Wildman–Crippen MR) is 124 cm³/mol. The lowest BCUT2D eigenvalue weighted by Crippen LogP contribution is -2.40. The summed E-state index contributed by atoms with van der Waals surface area (Å²) in [4.78, 5) is 23.2. The van der Waals surface area contributed by atoms with Crippen molar-refractivity contribution in [1.29, 1.82) is 0 Å². The second kappa shape index (κ2) is 8.95. The standard InChI is InChI=1S/C27H26FN3O/c28-22-8-3-6-19(14-22)15-23-9-4-12-25(30-23)20-7-5-13-31(18-20)27(32)16-21-17-29-26-11-2-1-10-24(21)26/h1-4,6,8-12,14,17,20,29H,5,7,13,15-16,18H2. The third-order valence-corrected chi connectivity index (χ3v) is 6.31. The lowest BCUT2D eigenvalue weighted by atomic mass is 9.93. The molecule has 1 aliphatic rings. The molecule has 0 spiro atoms. The number of H-pyrrole nitrogens is 1. The first-order chi connectivity index (χ1) is 15.7. The van der Waals surface area contributed by atoms with Gasteiger partial charge < -0.3 is 9.88 Å². The first-order valence-corrected chi connectivity index (χ1v) is 11.2. The van der Waals surface area contributed by atoms with E-state index in [1.54, 1.807) is 12.1 Å². The number of hydrogen-bond donors (Lipinski definition) is 1. The van der Waals surface area contributed by atoms with E-state index in [2.05, 4.69) is 11.1 Å². The SMILES string of the molecule is O=C(Cc1c[nH]c2ccccc12)N1CCCC(c2cccc(Cc3cccc(F)c3)n2)C1. The summed E-state index contributed by atoms with van der Waals surface area (Å²) in [5.74, 6) is 0.161. The fourth-order valence-corrected chi connectivity index (χ4v) is 4.68. The van der Waals surface area contributed by atoms with Crippen molar-refractivity contribution < 1.29 is 9.18 Å². The van der Waals surface area contributed by atoms with Crippen molar-refractivity contribution in [2.24, 2.45) is 0 Å². The molecule has 1 aliphatic heterocycles. The van der Waals surface area contributed by atoms with Crippen molar-refractivity contribution in [3.05, 3.63) is 101 Å². The molecule has 1 unspecified atom stereocenters. The molecule has 0 aliphatic carbocycles. The molecule has 0 radical (unpaired) electrons. The largest absolute Gasteiger partial charge is 0.361 e. The minimum absolute atomic E-state index is 0.162. The number of piperidine rings is 1. The Kier molecular flexibility index (Phi) is 5.71. The van der Waals surface area contributed by atoms with Crippen molar-refractivity contribution in [2.75, 3.05) is 13.1 Å². The molecule has 1 saturated heterocycles. The number of aromatic amines is 1. The molecule has 0 bridgehead atoms. The number of likely N-dealkylation sites (tertiary alicyclic amines) is 1. The smallest absolute Gasteiger partial charge is 0.227 e. The van der Waals surface area contributed by atoms with Gasteiger partial charge in [-0.1, -0.05) is 36.4 Å². The van der Waals surface area contributed by atoms with Crippen molar-refractivity contribution >= 4 is 16.8 Å². The van der Waals surface area contributed by atoms with Crippen molar-refractivity contribution in [1.82, 2.24) is 14.9 Å². The number of aromatic nitrogens is 2. The Bertz CT molecular complexity index is 1250. The summed E-state index contributed by atoms with van der Waals surface area (Å²) < 4.78 is 13.5. The number of carbonyl (C=O) groups is 1. The minimum Gasteiger partial charge on any atom is -0.361 e. The van der Waals surface area contributed by atoms with Crippen molar-refractivity contribution in [3.63, 3.8) is 0 Å². The number of nitrogens with one attached hydrogen (secondary N) is 1. The van der Waals surface area contributed by atoms with Crippen LogP contribution in [-0.4, -0.2) is 33.9 Å². The van der Waals surface area contributed by atoms with Gasteiger partial charge in [0.1, 0.15) is 5.82 Å². The fourth-order valence-electron chi connectivity index (χ4n) is 4.68. The Labute approximate surface area is 187 Å². The zero-order chi connectivity index (χ0) is 21.9. The van der Waals surface area contributed by atoms with Crippen LogP contribution >= 0.6 is 0 Å². The van der Waals surface area contributed by atoms with Gasteiger partial charge in [0.05, 0.1) is 6.42 Å². The lowest BCUT2D eigenvalue weighted by molar-refractivity contribution is -0.131. The molecule has 2 aromatic heterocycles. The highest BCUT2D eigenvalue weighted by atomic mass is 19.1. The molecule has 0 saturated carbocycles. The summed E-state index contributed by atoms with van der Waals surface area (Å²) in [7, 11) is 0. The Balaban J connectivity index is 1.28. The van der Waals surface area contributed by atoms with E-state index in [9.17, 15) is 9.18 Å². The number of hydrogen-bond acceptors (Lipinski definition) is 2. The molecule has 1 amide bonds. The molecule has 1 fully saturated rings. The molecule has 4 nitrogen and oxygen atoms in total. The van der Waals surface area contributed by atoms with Crippen LogP contribution in [0.4, 0.5) is 4.39 Å². The van der Waals surface area contributed by atoms with Crippen LogP contribution in [0.15, 0.2) is 72.9 Å². The number of amides is 1. The van der Waals surface area contributed by atoms with Gasteiger partial charge in [-0.3, -0.25) is 9.78 Å². The molecule has 162 valence electrons. The van der Waals surface area contributed by atoms with Gasteiger partial charge in [-0.25, -0.2) is 4.39 Å². The number of carbonyl (C=O) groups excluding carboxylic acids is 1. The van der Waals surface area contributed by atoms with Crippen LogP contribution in [-0.2, 0) is 17.6 Å². The average Bonchev–Trinajstić information content (AvgIpc) is 3.22. The molecule has 1 N–H and O–H groups in total. The number of nitrogens with zero attached hydrogens (tertiary/aromatic N) is 2. The van der Waals surface area contributed by atoms with Crippen LogP contribution in [0.25, 0.3) is 10.9 Å². The number of halogens is 1. The molecular formula is C27H26FN3O. The van der Waals surface area contributed by atoms with Crippen LogP contribution < -0.4 is 0 Å². The molecule has 5 rings (SSSR count). The molecule has 5 heteroatoms. The van der Waals surface area contributed by atoms with Gasteiger partial charge in [-0.05, 0) is 54.3 Å². The maximum absolute atomic E-state index is 13.5. The molecule has 2 aromatic carbocycles. The molecule has 32 heavy (non-hydrogen) atoms. The van der Waals surface area contributed by atoms with Crippen molar-refractivity contribution in [3.8, 4) is 0 Å². The Morgan fingerprint density at radius 2 is 1.97 bits per heavy atom. The predicted octanol–water partition coefficient (Wildman–Crippen LogP) is 5.24. The van der Waals surface area contributed by atoms with E-state index >= 15 is 0 Å². The minimum atomic E-state index is -0.227. The summed E-state index contributed by atoms with van der Waals surface area (Å²) in [5, 5.41) is 1.11. The maximum Gasteiger partial charge on any atom is 0.227 e. The normalized spacial score (nSPS) is 16.4. The van der Waals surface area contributed by atoms with E-state index in [-0.39, 0.29) is 17.6 Å². The number of para-hydroxylation sites is 1. The van der Waals surface area contributed by atoms with Crippen LogP contribution in [0, 0.1) is 5.82 Å². The second-order valence-corrected chi connectivity index (χ2v) is 8.58. The van der Waals surface area contributed by atoms with E-state index in [1.807, 2.05) is 53.6 Å². The summed E-state index contributed by atoms with van der Waals surface area (Å²) in [6.07, 6.45) is 4.94. The maximum atomic E-state index is 13.5. The van der Waals surface area contributed by atoms with Gasteiger partial charge in [0.15, 0.2) is 0 Å². The lowest BCUT2D eigenvalue weighted by Gasteiger charge is -2.32. The third kappa shape index (κ3) is 4.42. The summed E-state index contributed by atoms with van der Waals surface area (Å²) in [6.45, 7) is 1.48. The number of pyridine rings is 1. The van der Waals surface area contributed by atoms with Gasteiger partial charge >= 0.3 is 0 Å². The summed E-state index contributed by atoms with van der Waals surface area (Å²) >= 11 is 0. The van der Waals surface area contributed by atoms with Gasteiger partial charge in [0.2, 0.25) is 5.91 Å². The zero-order valence-electron chi connectivity index (χ0n) is 17.9. The van der Waals surface area contributed by atoms with Crippen LogP contribution in [0.2, 0.25) is 0 Å². The topological polar surface area (TPSA) is 49.0 Å². The highest BCUT2D eigenvalue weighted by Crippen LogP contribution is 2.27. The monoisotopic (exact) mass is 427 g/mol. The van der Waals surface area contributed by atoms with E-state index in [1.165, 1.54) is 6.07 Å². The van der Waals surface area contributed by atoms with Crippen LogP contribution in [0.1, 0.15) is 41.3 Å². The Morgan fingerprint density at radius 3 is 2.88 bits per heavy atom. The second-order valence-electron chi connectivity index (χ2n) is 8.58. The van der Waals surface area contributed by atoms with Crippen LogP contribution in [0.3, 0.4) is 0 Å². The molecular weight excluding hydrogens is 401 g/mol. The Morgan fingerprint density at radius 1 is 1.09 bits per heavy atom. The zero-order valence-corrected chi connectivity index (χ0v) is 17.9. The van der Waals surface area contributed by atoms with E-state index in [4.69, 9.17) is 4.98 Å². The number of fused-ring (bicyclic) bond motifs is 1. The number of rotatable bonds is 5. The van der Waals surface area contributed by atoms with E-state index < -0.39 is 0 Å². The quantitative estimate of drug-likeness (QED) is 0.473. The first-order valence-electron chi connectivity index (χ1n) is 11.2. The molecule has 1 atom stereocenters. The highest BCUT2D eigenvalue weighted by Gasteiger charge is 2.26. The van der Waals surface area contributed by atoms with E-state index in [0.29, 0.717) is 19.4 Å².